The van der Waals surface area contributed by atoms with Crippen molar-refractivity contribution in [2.45, 2.75) is 39.5 Å². The molecular weight excluding hydrogens is 216 g/mol. The van der Waals surface area contributed by atoms with Gasteiger partial charge >= 0.3 is 5.97 Å². The van der Waals surface area contributed by atoms with Crippen molar-refractivity contribution in [3.63, 3.8) is 0 Å². The molecule has 0 aromatic heterocycles. The second kappa shape index (κ2) is 6.28. The van der Waals surface area contributed by atoms with E-state index in [1.165, 1.54) is 16.7 Å². The van der Waals surface area contributed by atoms with E-state index >= 15 is 0 Å². The summed E-state index contributed by atoms with van der Waals surface area (Å²) in [6.45, 7) is 4.14. The van der Waals surface area contributed by atoms with Crippen molar-refractivity contribution in [2.75, 3.05) is 7.11 Å². The maximum atomic E-state index is 10.4. The summed E-state index contributed by atoms with van der Waals surface area (Å²) in [5.41, 5.74) is 3.64. The molecular formula is C14H20O3. The number of hydrogen-bond acceptors (Lipinski definition) is 2. The minimum atomic E-state index is -0.725. The fraction of sp³-hybridized carbons (Fsp3) is 0.500. The Bertz CT molecular complexity index is 397. The fourth-order valence-electron chi connectivity index (χ4n) is 1.83. The van der Waals surface area contributed by atoms with Crippen molar-refractivity contribution in [1.29, 1.82) is 0 Å². The Labute approximate surface area is 102 Å². The average Bonchev–Trinajstić information content (AvgIpc) is 2.28. The van der Waals surface area contributed by atoms with Gasteiger partial charge in [0.25, 0.3) is 0 Å². The smallest absolute Gasteiger partial charge is 0.303 e. The molecule has 0 bridgehead atoms. The van der Waals surface area contributed by atoms with Crippen molar-refractivity contribution >= 4 is 5.97 Å². The number of methoxy groups -OCH3 is 1. The first-order valence-electron chi connectivity index (χ1n) is 5.90. The summed E-state index contributed by atoms with van der Waals surface area (Å²) in [7, 11) is 1.67. The molecule has 0 fully saturated rings. The van der Waals surface area contributed by atoms with Crippen LogP contribution in [0.1, 0.15) is 36.0 Å². The normalized spacial score (nSPS) is 10.3. The number of hydrogen-bond donors (Lipinski definition) is 1. The molecule has 0 aliphatic carbocycles. The number of carboxylic acids is 1. The fourth-order valence-corrected chi connectivity index (χ4v) is 1.83. The van der Waals surface area contributed by atoms with Gasteiger partial charge in [0.05, 0.1) is 7.11 Å². The molecule has 3 heteroatoms. The van der Waals surface area contributed by atoms with Crippen LogP contribution in [0.25, 0.3) is 0 Å². The summed E-state index contributed by atoms with van der Waals surface area (Å²) < 4.78 is 5.34. The van der Waals surface area contributed by atoms with Gasteiger partial charge in [-0.1, -0.05) is 6.07 Å². The lowest BCUT2D eigenvalue weighted by molar-refractivity contribution is -0.137. The Hall–Kier alpha value is -1.51. The molecule has 0 amide bonds. The summed E-state index contributed by atoms with van der Waals surface area (Å²) in [6.07, 6.45) is 2.71. The van der Waals surface area contributed by atoms with Gasteiger partial charge in [0.2, 0.25) is 0 Å². The van der Waals surface area contributed by atoms with Gasteiger partial charge in [-0.25, -0.2) is 0 Å². The van der Waals surface area contributed by atoms with E-state index in [9.17, 15) is 4.79 Å². The molecule has 0 saturated heterocycles. The highest BCUT2D eigenvalue weighted by Gasteiger charge is 2.06. The van der Waals surface area contributed by atoms with Gasteiger partial charge in [-0.3, -0.25) is 4.79 Å². The van der Waals surface area contributed by atoms with Crippen LogP contribution in [-0.4, -0.2) is 18.2 Å². The Kier molecular flexibility index (Phi) is 5.01. The SMILES string of the molecule is COc1cc(C)c(C)cc1CCCCC(=O)O. The molecule has 1 aromatic rings. The Morgan fingerprint density at radius 1 is 1.24 bits per heavy atom. The molecule has 17 heavy (non-hydrogen) atoms. The van der Waals surface area contributed by atoms with Crippen molar-refractivity contribution in [1.82, 2.24) is 0 Å². The van der Waals surface area contributed by atoms with Crippen molar-refractivity contribution in [3.8, 4) is 5.75 Å². The van der Waals surface area contributed by atoms with Gasteiger partial charge in [-0.2, -0.15) is 0 Å². The van der Waals surface area contributed by atoms with Crippen LogP contribution < -0.4 is 4.74 Å². The zero-order valence-corrected chi connectivity index (χ0v) is 10.7. The second-order valence-electron chi connectivity index (χ2n) is 4.35. The van der Waals surface area contributed by atoms with Crippen LogP contribution >= 0.6 is 0 Å². The first-order chi connectivity index (χ1) is 8.04. The third-order valence-corrected chi connectivity index (χ3v) is 2.98. The van der Waals surface area contributed by atoms with E-state index in [-0.39, 0.29) is 6.42 Å². The predicted octanol–water partition coefficient (Wildman–Crippen LogP) is 3.11. The van der Waals surface area contributed by atoms with Gasteiger partial charge in [0, 0.05) is 6.42 Å². The monoisotopic (exact) mass is 236 g/mol. The molecule has 0 aliphatic rings. The maximum Gasteiger partial charge on any atom is 0.303 e. The Morgan fingerprint density at radius 2 is 1.88 bits per heavy atom. The van der Waals surface area contributed by atoms with Crippen molar-refractivity contribution < 1.29 is 14.6 Å². The highest BCUT2D eigenvalue weighted by Crippen LogP contribution is 2.24. The first-order valence-corrected chi connectivity index (χ1v) is 5.90. The summed E-state index contributed by atoms with van der Waals surface area (Å²) in [4.78, 5) is 10.4. The minimum absolute atomic E-state index is 0.243. The number of ether oxygens (including phenoxy) is 1. The maximum absolute atomic E-state index is 10.4. The van der Waals surface area contributed by atoms with Crippen molar-refractivity contribution in [3.05, 3.63) is 28.8 Å². The molecule has 0 unspecified atom stereocenters. The van der Waals surface area contributed by atoms with Crippen LogP contribution in [-0.2, 0) is 11.2 Å². The highest BCUT2D eigenvalue weighted by molar-refractivity contribution is 5.66. The van der Waals surface area contributed by atoms with Gasteiger partial charge < -0.3 is 9.84 Å². The lowest BCUT2D eigenvalue weighted by Gasteiger charge is -2.11. The molecule has 3 nitrogen and oxygen atoms in total. The second-order valence-corrected chi connectivity index (χ2v) is 4.35. The predicted molar refractivity (Wildman–Crippen MR) is 67.7 cm³/mol. The molecule has 0 heterocycles. The van der Waals surface area contributed by atoms with Gasteiger partial charge in [-0.05, 0) is 55.9 Å². The zero-order valence-electron chi connectivity index (χ0n) is 10.7. The van der Waals surface area contributed by atoms with Crippen molar-refractivity contribution in [2.24, 2.45) is 0 Å². The summed E-state index contributed by atoms with van der Waals surface area (Å²) >= 11 is 0. The molecule has 1 N–H and O–H groups in total. The standard InChI is InChI=1S/C14H20O3/c1-10-8-12(6-4-5-7-14(15)16)13(17-3)9-11(10)2/h8-9H,4-7H2,1-3H3,(H,15,16). The van der Waals surface area contributed by atoms with Crippen LogP contribution in [0.4, 0.5) is 0 Å². The lowest BCUT2D eigenvalue weighted by atomic mass is 10.0. The van der Waals surface area contributed by atoms with E-state index in [4.69, 9.17) is 9.84 Å². The summed E-state index contributed by atoms with van der Waals surface area (Å²) in [5, 5.41) is 8.57. The minimum Gasteiger partial charge on any atom is -0.496 e. The number of carboxylic acid groups (broad SMARTS) is 1. The van der Waals surface area contributed by atoms with Gasteiger partial charge in [-0.15, -0.1) is 0 Å². The van der Waals surface area contributed by atoms with E-state index in [1.54, 1.807) is 7.11 Å². The van der Waals surface area contributed by atoms with Crippen LogP contribution in [0.3, 0.4) is 0 Å². The number of aliphatic carboxylic acids is 1. The topological polar surface area (TPSA) is 46.5 Å². The van der Waals surface area contributed by atoms with Crippen LogP contribution in [0.15, 0.2) is 12.1 Å². The molecule has 1 rings (SSSR count). The lowest BCUT2D eigenvalue weighted by Crippen LogP contribution is -1.98. The van der Waals surface area contributed by atoms with Gasteiger partial charge in [0.15, 0.2) is 0 Å². The molecule has 1 aromatic carbocycles. The number of unbranched alkanes of at least 4 members (excludes halogenated alkanes) is 1. The van der Waals surface area contributed by atoms with Crippen LogP contribution in [0, 0.1) is 13.8 Å². The Morgan fingerprint density at radius 3 is 2.47 bits per heavy atom. The quantitative estimate of drug-likeness (QED) is 0.772. The van der Waals surface area contributed by atoms with E-state index in [1.807, 2.05) is 6.07 Å². The average molecular weight is 236 g/mol. The van der Waals surface area contributed by atoms with Crippen LogP contribution in [0.5, 0.6) is 5.75 Å². The van der Waals surface area contributed by atoms with E-state index in [0.29, 0.717) is 6.42 Å². The molecule has 94 valence electrons. The first kappa shape index (κ1) is 13.6. The number of benzene rings is 1. The number of rotatable bonds is 6. The zero-order chi connectivity index (χ0) is 12.8. The molecule has 0 aliphatic heterocycles. The third-order valence-electron chi connectivity index (χ3n) is 2.98. The highest BCUT2D eigenvalue weighted by atomic mass is 16.5. The molecule has 0 saturated carbocycles. The van der Waals surface area contributed by atoms with E-state index < -0.39 is 5.97 Å². The van der Waals surface area contributed by atoms with E-state index in [0.717, 1.165) is 18.6 Å². The van der Waals surface area contributed by atoms with Gasteiger partial charge in [0.1, 0.15) is 5.75 Å². The number of carbonyl (C=O) groups is 1. The molecule has 0 spiro atoms. The largest absolute Gasteiger partial charge is 0.496 e. The summed E-state index contributed by atoms with van der Waals surface area (Å²) in [6, 6.07) is 4.18. The van der Waals surface area contributed by atoms with E-state index in [2.05, 4.69) is 19.9 Å². The number of aryl methyl sites for hydroxylation is 3. The summed E-state index contributed by atoms with van der Waals surface area (Å²) in [5.74, 6) is 0.181. The Balaban J connectivity index is 2.63. The molecule has 0 radical (unpaired) electrons. The van der Waals surface area contributed by atoms with Crippen LogP contribution in [0.2, 0.25) is 0 Å². The third kappa shape index (κ3) is 4.10. The molecule has 0 atom stereocenters.